The molecule has 0 aromatic rings. The lowest BCUT2D eigenvalue weighted by atomic mass is 9.85. The lowest BCUT2D eigenvalue weighted by Crippen LogP contribution is -2.47. The van der Waals surface area contributed by atoms with E-state index < -0.39 is 0 Å². The van der Waals surface area contributed by atoms with Gasteiger partial charge in [-0.05, 0) is 39.3 Å². The predicted octanol–water partition coefficient (Wildman–Crippen LogP) is 1.56. The number of nitrogens with two attached hydrogens (primary N) is 1. The normalized spacial score (nSPS) is 25.5. The fourth-order valence-electron chi connectivity index (χ4n) is 3.21. The number of nitrogens with zero attached hydrogens (tertiary/aromatic N) is 1. The van der Waals surface area contributed by atoms with Gasteiger partial charge in [0.1, 0.15) is 0 Å². The zero-order chi connectivity index (χ0) is 12.3. The molecule has 2 aliphatic rings. The van der Waals surface area contributed by atoms with Crippen LogP contribution in [0.3, 0.4) is 0 Å². The first-order chi connectivity index (χ1) is 8.18. The highest BCUT2D eigenvalue weighted by atomic mass is 35.5. The quantitative estimate of drug-likeness (QED) is 0.828. The largest absolute Gasteiger partial charge is 0.354 e. The molecule has 3 N–H and O–H groups in total. The molecule has 6 heteroatoms. The molecule has 1 aliphatic heterocycles. The molecule has 2 rings (SSSR count). The molecule has 0 radical (unpaired) electrons. The lowest BCUT2D eigenvalue weighted by Gasteiger charge is -2.27. The standard InChI is InChI=1S/C13H25N3O.2ClH/c1-16-8-4-5-11(16)9-15-12(17)13(10-14)6-2-3-7-13;;/h11H,2-10,14H2,1H3,(H,15,17);2*1H. The lowest BCUT2D eigenvalue weighted by molar-refractivity contribution is -0.130. The summed E-state index contributed by atoms with van der Waals surface area (Å²) in [6.45, 7) is 2.44. The van der Waals surface area contributed by atoms with Crippen LogP contribution in [0.1, 0.15) is 38.5 Å². The fraction of sp³-hybridized carbons (Fsp3) is 0.923. The van der Waals surface area contributed by atoms with E-state index in [0.717, 1.165) is 38.8 Å². The van der Waals surface area contributed by atoms with Crippen molar-refractivity contribution in [2.24, 2.45) is 11.1 Å². The summed E-state index contributed by atoms with van der Waals surface area (Å²) in [6.07, 6.45) is 6.68. The van der Waals surface area contributed by atoms with Crippen LogP contribution in [0.5, 0.6) is 0 Å². The molecule has 1 unspecified atom stereocenters. The van der Waals surface area contributed by atoms with E-state index in [2.05, 4.69) is 17.3 Å². The topological polar surface area (TPSA) is 58.4 Å². The number of hydrogen-bond acceptors (Lipinski definition) is 3. The van der Waals surface area contributed by atoms with Gasteiger partial charge >= 0.3 is 0 Å². The van der Waals surface area contributed by atoms with Crippen LogP contribution in [-0.4, -0.2) is 43.5 Å². The van der Waals surface area contributed by atoms with Gasteiger partial charge < -0.3 is 16.0 Å². The molecular weight excluding hydrogens is 285 g/mol. The van der Waals surface area contributed by atoms with Gasteiger partial charge in [-0.25, -0.2) is 0 Å². The Morgan fingerprint density at radius 2 is 1.95 bits per heavy atom. The van der Waals surface area contributed by atoms with E-state index in [1.165, 1.54) is 12.8 Å². The number of likely N-dealkylation sites (N-methyl/N-ethyl adjacent to an activating group) is 1. The van der Waals surface area contributed by atoms with Crippen LogP contribution >= 0.6 is 24.8 Å². The van der Waals surface area contributed by atoms with Crippen LogP contribution in [-0.2, 0) is 4.79 Å². The van der Waals surface area contributed by atoms with E-state index in [1.54, 1.807) is 0 Å². The van der Waals surface area contributed by atoms with Crippen molar-refractivity contribution in [1.29, 1.82) is 0 Å². The summed E-state index contributed by atoms with van der Waals surface area (Å²) in [4.78, 5) is 14.6. The van der Waals surface area contributed by atoms with Crippen molar-refractivity contribution in [3.05, 3.63) is 0 Å². The third-order valence-corrected chi connectivity index (χ3v) is 4.60. The Labute approximate surface area is 128 Å². The first kappa shape index (κ1) is 19.0. The number of carbonyl (C=O) groups excluding carboxylic acids is 1. The molecule has 114 valence electrons. The molecule has 1 atom stereocenters. The van der Waals surface area contributed by atoms with Crippen molar-refractivity contribution >= 4 is 30.7 Å². The van der Waals surface area contributed by atoms with Gasteiger partial charge in [0.25, 0.3) is 0 Å². The Bertz CT molecular complexity index is 283. The van der Waals surface area contributed by atoms with E-state index in [-0.39, 0.29) is 36.1 Å². The van der Waals surface area contributed by atoms with E-state index in [0.29, 0.717) is 12.6 Å². The first-order valence-electron chi connectivity index (χ1n) is 6.86. The summed E-state index contributed by atoms with van der Waals surface area (Å²) in [6, 6.07) is 0.523. The van der Waals surface area contributed by atoms with Gasteiger partial charge in [0.15, 0.2) is 0 Å². The van der Waals surface area contributed by atoms with Crippen LogP contribution in [0.2, 0.25) is 0 Å². The van der Waals surface area contributed by atoms with Crippen molar-refractivity contribution in [2.45, 2.75) is 44.6 Å². The SMILES string of the molecule is CN1CCCC1CNC(=O)C1(CN)CCCC1.Cl.Cl. The number of nitrogens with one attached hydrogen (secondary N) is 1. The van der Waals surface area contributed by atoms with Gasteiger partial charge in [-0.2, -0.15) is 0 Å². The highest BCUT2D eigenvalue weighted by Gasteiger charge is 2.39. The molecule has 1 saturated heterocycles. The van der Waals surface area contributed by atoms with Crippen LogP contribution in [0.4, 0.5) is 0 Å². The number of carbonyl (C=O) groups is 1. The molecule has 1 amide bonds. The highest BCUT2D eigenvalue weighted by molar-refractivity contribution is 5.85. The van der Waals surface area contributed by atoms with E-state index in [1.807, 2.05) is 0 Å². The predicted molar refractivity (Wildman–Crippen MR) is 83.1 cm³/mol. The molecule has 2 fully saturated rings. The number of rotatable bonds is 4. The summed E-state index contributed by atoms with van der Waals surface area (Å²) in [5.74, 6) is 0.192. The summed E-state index contributed by atoms with van der Waals surface area (Å²) in [5, 5.41) is 3.13. The Balaban J connectivity index is 0.00000162. The molecule has 0 aromatic heterocycles. The fourth-order valence-corrected chi connectivity index (χ4v) is 3.21. The van der Waals surface area contributed by atoms with Gasteiger partial charge in [0.2, 0.25) is 5.91 Å². The Morgan fingerprint density at radius 3 is 2.42 bits per heavy atom. The van der Waals surface area contributed by atoms with Gasteiger partial charge in [0, 0.05) is 19.1 Å². The molecule has 1 saturated carbocycles. The molecule has 1 heterocycles. The monoisotopic (exact) mass is 311 g/mol. The maximum absolute atomic E-state index is 12.3. The summed E-state index contributed by atoms with van der Waals surface area (Å²) >= 11 is 0. The zero-order valence-corrected chi connectivity index (χ0v) is 13.3. The van der Waals surface area contributed by atoms with Crippen LogP contribution < -0.4 is 11.1 Å². The van der Waals surface area contributed by atoms with Crippen molar-refractivity contribution in [3.63, 3.8) is 0 Å². The van der Waals surface area contributed by atoms with E-state index in [9.17, 15) is 4.79 Å². The number of amides is 1. The maximum atomic E-state index is 12.3. The van der Waals surface area contributed by atoms with Crippen LogP contribution in [0.25, 0.3) is 0 Å². The van der Waals surface area contributed by atoms with E-state index >= 15 is 0 Å². The highest BCUT2D eigenvalue weighted by Crippen LogP contribution is 2.37. The average Bonchev–Trinajstić information content (AvgIpc) is 2.95. The Morgan fingerprint density at radius 1 is 1.32 bits per heavy atom. The van der Waals surface area contributed by atoms with Crippen molar-refractivity contribution in [3.8, 4) is 0 Å². The van der Waals surface area contributed by atoms with Crippen molar-refractivity contribution in [2.75, 3.05) is 26.7 Å². The van der Waals surface area contributed by atoms with Gasteiger partial charge in [0.05, 0.1) is 5.41 Å². The van der Waals surface area contributed by atoms with Gasteiger partial charge in [-0.15, -0.1) is 24.8 Å². The van der Waals surface area contributed by atoms with Crippen molar-refractivity contribution in [1.82, 2.24) is 10.2 Å². The Hall–Kier alpha value is -0.0300. The third kappa shape index (κ3) is 4.22. The van der Waals surface area contributed by atoms with Gasteiger partial charge in [-0.3, -0.25) is 4.79 Å². The molecule has 4 nitrogen and oxygen atoms in total. The Kier molecular flexibility index (Phi) is 8.29. The number of halogens is 2. The minimum Gasteiger partial charge on any atom is -0.354 e. The molecule has 0 spiro atoms. The third-order valence-electron chi connectivity index (χ3n) is 4.60. The van der Waals surface area contributed by atoms with E-state index in [4.69, 9.17) is 5.73 Å². The summed E-state index contributed by atoms with van der Waals surface area (Å²) in [7, 11) is 2.14. The zero-order valence-electron chi connectivity index (χ0n) is 11.7. The van der Waals surface area contributed by atoms with Crippen molar-refractivity contribution < 1.29 is 4.79 Å². The molecular formula is C13H27Cl2N3O. The second-order valence-corrected chi connectivity index (χ2v) is 5.68. The second-order valence-electron chi connectivity index (χ2n) is 5.68. The van der Waals surface area contributed by atoms with Crippen LogP contribution in [0, 0.1) is 5.41 Å². The molecule has 19 heavy (non-hydrogen) atoms. The van der Waals surface area contributed by atoms with Gasteiger partial charge in [-0.1, -0.05) is 12.8 Å². The number of hydrogen-bond donors (Lipinski definition) is 2. The smallest absolute Gasteiger partial charge is 0.227 e. The molecule has 0 aromatic carbocycles. The average molecular weight is 312 g/mol. The first-order valence-corrected chi connectivity index (χ1v) is 6.86. The molecule has 1 aliphatic carbocycles. The summed E-state index contributed by atoms with van der Waals surface area (Å²) < 4.78 is 0. The minimum atomic E-state index is -0.253. The summed E-state index contributed by atoms with van der Waals surface area (Å²) in [5.41, 5.74) is 5.56. The second kappa shape index (κ2) is 8.30. The number of likely N-dealkylation sites (tertiary alicyclic amines) is 1. The minimum absolute atomic E-state index is 0. The maximum Gasteiger partial charge on any atom is 0.227 e. The van der Waals surface area contributed by atoms with Crippen LogP contribution in [0.15, 0.2) is 0 Å². The molecule has 0 bridgehead atoms.